The third-order valence-electron chi connectivity index (χ3n) is 3.05. The highest BCUT2D eigenvalue weighted by molar-refractivity contribution is 7.86. The van der Waals surface area contributed by atoms with Crippen LogP contribution >= 0.6 is 11.6 Å². The molecule has 0 spiro atoms. The minimum absolute atomic E-state index is 0.0386. The molecule has 0 aliphatic rings. The van der Waals surface area contributed by atoms with Gasteiger partial charge in [0.1, 0.15) is 4.90 Å². The molecule has 118 valence electrons. The third-order valence-corrected chi connectivity index (χ3v) is 4.19. The average Bonchev–Trinajstić information content (AvgIpc) is 2.30. The first-order chi connectivity index (χ1) is 9.49. The Morgan fingerprint density at radius 2 is 1.95 bits per heavy atom. The summed E-state index contributed by atoms with van der Waals surface area (Å²) < 4.78 is 37.3. The summed E-state index contributed by atoms with van der Waals surface area (Å²) in [7, 11) is -4.54. The molecule has 0 saturated heterocycles. The predicted molar refractivity (Wildman–Crippen MR) is 80.3 cm³/mol. The van der Waals surface area contributed by atoms with E-state index < -0.39 is 26.4 Å². The Hall–Kier alpha value is -1.11. The number of rotatable bonds is 5. The van der Waals surface area contributed by atoms with Gasteiger partial charge in [-0.05, 0) is 44.9 Å². The van der Waals surface area contributed by atoms with E-state index in [9.17, 15) is 17.8 Å². The number of carbonyl (C=O) groups excluding carboxylic acids is 1. The van der Waals surface area contributed by atoms with Crippen LogP contribution in [0.5, 0.6) is 5.75 Å². The molecule has 0 fully saturated rings. The molecular formula is C14H19ClO5S. The van der Waals surface area contributed by atoms with Gasteiger partial charge in [-0.1, -0.05) is 24.9 Å². The van der Waals surface area contributed by atoms with Gasteiger partial charge in [-0.3, -0.25) is 9.35 Å². The van der Waals surface area contributed by atoms with E-state index in [1.54, 1.807) is 20.8 Å². The van der Waals surface area contributed by atoms with Crippen LogP contribution in [-0.2, 0) is 14.9 Å². The van der Waals surface area contributed by atoms with Crippen LogP contribution in [0.3, 0.4) is 0 Å². The van der Waals surface area contributed by atoms with Crippen molar-refractivity contribution in [3.05, 3.63) is 22.7 Å². The molecule has 0 aliphatic heterocycles. The van der Waals surface area contributed by atoms with E-state index in [1.165, 1.54) is 12.1 Å². The molecule has 0 amide bonds. The Morgan fingerprint density at radius 1 is 1.38 bits per heavy atom. The highest BCUT2D eigenvalue weighted by atomic mass is 35.5. The number of hydrogen-bond donors (Lipinski definition) is 1. The molecular weight excluding hydrogens is 316 g/mol. The van der Waals surface area contributed by atoms with Crippen LogP contribution in [0.1, 0.15) is 39.2 Å². The van der Waals surface area contributed by atoms with Crippen LogP contribution in [0.25, 0.3) is 0 Å². The molecule has 7 heteroatoms. The van der Waals surface area contributed by atoms with E-state index in [-0.39, 0.29) is 10.8 Å². The van der Waals surface area contributed by atoms with Crippen LogP contribution in [0, 0.1) is 12.3 Å². The summed E-state index contributed by atoms with van der Waals surface area (Å²) in [6, 6.07) is 2.67. The summed E-state index contributed by atoms with van der Waals surface area (Å²) in [5.74, 6) is -0.932. The lowest BCUT2D eigenvalue weighted by molar-refractivity contribution is -0.144. The highest BCUT2D eigenvalue weighted by Crippen LogP contribution is 2.35. The normalized spacial score (nSPS) is 12.3. The fourth-order valence-corrected chi connectivity index (χ4v) is 3.03. The summed E-state index contributed by atoms with van der Waals surface area (Å²) in [5.41, 5.74) is -0.250. The monoisotopic (exact) mass is 334 g/mol. The van der Waals surface area contributed by atoms with Crippen molar-refractivity contribution in [2.75, 3.05) is 0 Å². The van der Waals surface area contributed by atoms with E-state index in [2.05, 4.69) is 0 Å². The molecule has 1 N–H and O–H groups in total. The number of halogens is 1. The molecule has 5 nitrogen and oxygen atoms in total. The summed E-state index contributed by atoms with van der Waals surface area (Å²) in [5, 5.41) is -0.0386. The Balaban J connectivity index is 3.29. The Morgan fingerprint density at radius 3 is 2.43 bits per heavy atom. The third kappa shape index (κ3) is 4.43. The molecule has 0 atom stereocenters. The minimum atomic E-state index is -4.54. The van der Waals surface area contributed by atoms with Gasteiger partial charge in [0.2, 0.25) is 0 Å². The van der Waals surface area contributed by atoms with Crippen molar-refractivity contribution in [2.45, 2.75) is 45.4 Å². The lowest BCUT2D eigenvalue weighted by atomic mass is 9.88. The molecule has 1 aromatic carbocycles. The van der Waals surface area contributed by atoms with Crippen molar-refractivity contribution in [1.29, 1.82) is 0 Å². The van der Waals surface area contributed by atoms with Crippen LogP contribution in [0.2, 0.25) is 5.02 Å². The van der Waals surface area contributed by atoms with E-state index in [0.717, 1.165) is 6.42 Å². The summed E-state index contributed by atoms with van der Waals surface area (Å²) in [6.45, 7) is 6.95. The summed E-state index contributed by atoms with van der Waals surface area (Å²) in [6.07, 6.45) is 1.35. The SMILES string of the molecule is CCCC(C)(C)C(=O)Oc1c(Cl)cc(C)cc1S(=O)(=O)O. The first-order valence-electron chi connectivity index (χ1n) is 6.49. The Labute approximate surface area is 130 Å². The maximum Gasteiger partial charge on any atom is 0.316 e. The first kappa shape index (κ1) is 17.9. The highest BCUT2D eigenvalue weighted by Gasteiger charge is 2.31. The van der Waals surface area contributed by atoms with E-state index >= 15 is 0 Å². The molecule has 1 rings (SSSR count). The standard InChI is InChI=1S/C14H19ClO5S/c1-5-6-14(3,4)13(16)20-12-10(15)7-9(2)8-11(12)21(17,18)19/h7-8H,5-6H2,1-4H3,(H,17,18,19). The minimum Gasteiger partial charge on any atom is -0.423 e. The molecule has 0 saturated carbocycles. The number of benzene rings is 1. The lowest BCUT2D eigenvalue weighted by Gasteiger charge is -2.22. The van der Waals surface area contributed by atoms with Crippen molar-refractivity contribution < 1.29 is 22.5 Å². The van der Waals surface area contributed by atoms with Crippen molar-refractivity contribution in [3.8, 4) is 5.75 Å². The van der Waals surface area contributed by atoms with Crippen molar-refractivity contribution in [2.24, 2.45) is 5.41 Å². The second kappa shape index (κ2) is 6.34. The zero-order valence-electron chi connectivity index (χ0n) is 12.4. The smallest absolute Gasteiger partial charge is 0.316 e. The Bertz CT molecular complexity index is 650. The van der Waals surface area contributed by atoms with Gasteiger partial charge in [0.05, 0.1) is 10.4 Å². The second-order valence-corrected chi connectivity index (χ2v) is 7.37. The zero-order valence-corrected chi connectivity index (χ0v) is 14.0. The number of esters is 1. The molecule has 21 heavy (non-hydrogen) atoms. The molecule has 0 aliphatic carbocycles. The van der Waals surface area contributed by atoms with E-state index in [0.29, 0.717) is 12.0 Å². The molecule has 0 unspecified atom stereocenters. The van der Waals surface area contributed by atoms with Gasteiger partial charge in [0.25, 0.3) is 10.1 Å². The van der Waals surface area contributed by atoms with Crippen LogP contribution in [0.4, 0.5) is 0 Å². The van der Waals surface area contributed by atoms with Gasteiger partial charge in [-0.25, -0.2) is 0 Å². The fourth-order valence-electron chi connectivity index (χ4n) is 1.95. The maximum atomic E-state index is 12.2. The van der Waals surface area contributed by atoms with Crippen LogP contribution in [-0.4, -0.2) is 18.9 Å². The van der Waals surface area contributed by atoms with Crippen LogP contribution < -0.4 is 4.74 Å². The van der Waals surface area contributed by atoms with E-state index in [1.807, 2.05) is 6.92 Å². The Kier molecular flexibility index (Phi) is 5.41. The fraction of sp³-hybridized carbons (Fsp3) is 0.500. The predicted octanol–water partition coefficient (Wildman–Crippen LogP) is 3.63. The summed E-state index contributed by atoms with van der Waals surface area (Å²) >= 11 is 5.96. The largest absolute Gasteiger partial charge is 0.423 e. The van der Waals surface area contributed by atoms with Gasteiger partial charge in [-0.15, -0.1) is 0 Å². The quantitative estimate of drug-likeness (QED) is 0.505. The lowest BCUT2D eigenvalue weighted by Crippen LogP contribution is -2.29. The van der Waals surface area contributed by atoms with Crippen molar-refractivity contribution in [1.82, 2.24) is 0 Å². The van der Waals surface area contributed by atoms with Gasteiger partial charge in [0, 0.05) is 0 Å². The molecule has 0 bridgehead atoms. The second-order valence-electron chi connectivity index (χ2n) is 5.57. The number of aryl methyl sites for hydroxylation is 1. The van der Waals surface area contributed by atoms with Gasteiger partial charge in [0.15, 0.2) is 5.75 Å². The van der Waals surface area contributed by atoms with Crippen LogP contribution in [0.15, 0.2) is 17.0 Å². The zero-order chi connectivity index (χ0) is 16.4. The average molecular weight is 335 g/mol. The van der Waals surface area contributed by atoms with Gasteiger partial charge in [-0.2, -0.15) is 8.42 Å². The molecule has 0 aromatic heterocycles. The first-order valence-corrected chi connectivity index (χ1v) is 8.30. The van der Waals surface area contributed by atoms with Crippen molar-refractivity contribution >= 4 is 27.7 Å². The molecule has 0 radical (unpaired) electrons. The van der Waals surface area contributed by atoms with Gasteiger partial charge >= 0.3 is 5.97 Å². The number of ether oxygens (including phenoxy) is 1. The van der Waals surface area contributed by atoms with Crippen molar-refractivity contribution in [3.63, 3.8) is 0 Å². The number of carbonyl (C=O) groups is 1. The molecule has 1 aromatic rings. The molecule has 0 heterocycles. The topological polar surface area (TPSA) is 80.7 Å². The van der Waals surface area contributed by atoms with Gasteiger partial charge < -0.3 is 4.74 Å². The maximum absolute atomic E-state index is 12.2. The number of hydrogen-bond acceptors (Lipinski definition) is 4. The van der Waals surface area contributed by atoms with E-state index in [4.69, 9.17) is 16.3 Å². The summed E-state index contributed by atoms with van der Waals surface area (Å²) in [4.78, 5) is 11.7.